The molecule has 2 nitrogen and oxygen atoms in total. The summed E-state index contributed by atoms with van der Waals surface area (Å²) in [6, 6.07) is 26.6. The van der Waals surface area contributed by atoms with Gasteiger partial charge in [0.05, 0.1) is 0 Å². The van der Waals surface area contributed by atoms with Gasteiger partial charge in [0.1, 0.15) is 16.9 Å². The molecule has 5 aromatic rings. The summed E-state index contributed by atoms with van der Waals surface area (Å²) in [5.74, 6) is 0.248. The molecule has 0 aliphatic carbocycles. The van der Waals surface area contributed by atoms with Gasteiger partial charge in [-0.1, -0.05) is 42.5 Å². The predicted octanol–water partition coefficient (Wildman–Crippen LogP) is 7.24. The lowest BCUT2D eigenvalue weighted by Gasteiger charge is -2.12. The van der Waals surface area contributed by atoms with Gasteiger partial charge in [0.2, 0.25) is 0 Å². The molecule has 2 heteroatoms. The third-order valence-corrected chi connectivity index (χ3v) is 5.46. The second kappa shape index (κ2) is 6.28. The number of furan rings is 1. The summed E-state index contributed by atoms with van der Waals surface area (Å²) in [5.41, 5.74) is 8.97. The highest BCUT2D eigenvalue weighted by atomic mass is 16.3. The molecular formula is C26H20O2. The average molecular weight is 364 g/mol. The molecule has 136 valence electrons. The third kappa shape index (κ3) is 2.66. The van der Waals surface area contributed by atoms with Crippen LogP contribution in [0, 0.1) is 13.8 Å². The predicted molar refractivity (Wildman–Crippen MR) is 116 cm³/mol. The first-order chi connectivity index (χ1) is 13.6. The van der Waals surface area contributed by atoms with Crippen molar-refractivity contribution < 1.29 is 9.52 Å². The molecule has 4 aromatic carbocycles. The molecule has 1 heterocycles. The summed E-state index contributed by atoms with van der Waals surface area (Å²) in [6.45, 7) is 4.30. The second-order valence-corrected chi connectivity index (χ2v) is 7.34. The number of aromatic hydroxyl groups is 1. The van der Waals surface area contributed by atoms with E-state index in [1.165, 1.54) is 27.8 Å². The zero-order valence-electron chi connectivity index (χ0n) is 15.9. The molecule has 0 aliphatic rings. The highest BCUT2D eigenvalue weighted by molar-refractivity contribution is 6.06. The number of aryl methyl sites for hydroxylation is 2. The Morgan fingerprint density at radius 2 is 1.25 bits per heavy atom. The number of hydrogen-bond acceptors (Lipinski definition) is 2. The Balaban J connectivity index is 1.70. The quantitative estimate of drug-likeness (QED) is 0.358. The average Bonchev–Trinajstić information content (AvgIpc) is 3.06. The maximum absolute atomic E-state index is 9.87. The first-order valence-corrected chi connectivity index (χ1v) is 9.42. The molecule has 0 atom stereocenters. The fourth-order valence-electron chi connectivity index (χ4n) is 3.91. The molecule has 5 rings (SSSR count). The molecule has 0 fully saturated rings. The van der Waals surface area contributed by atoms with E-state index in [4.69, 9.17) is 4.42 Å². The van der Waals surface area contributed by atoms with Crippen molar-refractivity contribution in [2.75, 3.05) is 0 Å². The van der Waals surface area contributed by atoms with Crippen LogP contribution in [-0.2, 0) is 0 Å². The zero-order valence-corrected chi connectivity index (χ0v) is 15.9. The van der Waals surface area contributed by atoms with Gasteiger partial charge in [0.15, 0.2) is 0 Å². The van der Waals surface area contributed by atoms with Crippen molar-refractivity contribution in [1.29, 1.82) is 0 Å². The summed E-state index contributed by atoms with van der Waals surface area (Å²) in [5, 5.41) is 11.8. The van der Waals surface area contributed by atoms with Crippen molar-refractivity contribution in [2.45, 2.75) is 13.8 Å². The van der Waals surface area contributed by atoms with E-state index in [0.717, 1.165) is 27.5 Å². The van der Waals surface area contributed by atoms with Gasteiger partial charge in [-0.05, 0) is 83.6 Å². The Morgan fingerprint density at radius 3 is 2.07 bits per heavy atom. The molecule has 0 amide bonds. The molecular weight excluding hydrogens is 344 g/mol. The van der Waals surface area contributed by atoms with Crippen LogP contribution in [0.1, 0.15) is 11.1 Å². The van der Waals surface area contributed by atoms with Gasteiger partial charge in [0.25, 0.3) is 0 Å². The van der Waals surface area contributed by atoms with Gasteiger partial charge < -0.3 is 9.52 Å². The van der Waals surface area contributed by atoms with Gasteiger partial charge in [0, 0.05) is 10.8 Å². The van der Waals surface area contributed by atoms with Crippen molar-refractivity contribution in [3.05, 3.63) is 90.0 Å². The van der Waals surface area contributed by atoms with Gasteiger partial charge in [-0.2, -0.15) is 0 Å². The Morgan fingerprint density at radius 1 is 0.607 bits per heavy atom. The van der Waals surface area contributed by atoms with Crippen LogP contribution >= 0.6 is 0 Å². The SMILES string of the molecule is Cc1ccccc1-c1cc(-c2ccc3oc4ccc(O)cc4c3c2)ccc1C. The minimum atomic E-state index is 0.248. The molecule has 0 saturated heterocycles. The molecule has 0 spiro atoms. The number of rotatable bonds is 2. The standard InChI is InChI=1S/C26H20O2/c1-16-5-3-4-6-21(16)22-13-18(8-7-17(22)2)19-9-11-25-23(14-19)24-15-20(27)10-12-26(24)28-25/h3-15,27H,1-2H3. The Kier molecular flexibility index (Phi) is 3.73. The van der Waals surface area contributed by atoms with Gasteiger partial charge in [-0.25, -0.2) is 0 Å². The molecule has 1 aromatic heterocycles. The summed E-state index contributed by atoms with van der Waals surface area (Å²) in [7, 11) is 0. The second-order valence-electron chi connectivity index (χ2n) is 7.34. The summed E-state index contributed by atoms with van der Waals surface area (Å²) in [6.07, 6.45) is 0. The number of phenols is 1. The number of fused-ring (bicyclic) bond motifs is 3. The zero-order chi connectivity index (χ0) is 19.3. The van der Waals surface area contributed by atoms with Crippen molar-refractivity contribution in [3.63, 3.8) is 0 Å². The van der Waals surface area contributed by atoms with Crippen LogP contribution in [0.3, 0.4) is 0 Å². The van der Waals surface area contributed by atoms with Crippen molar-refractivity contribution in [1.82, 2.24) is 0 Å². The van der Waals surface area contributed by atoms with E-state index in [1.54, 1.807) is 12.1 Å². The summed E-state index contributed by atoms with van der Waals surface area (Å²) < 4.78 is 5.92. The largest absolute Gasteiger partial charge is 0.508 e. The van der Waals surface area contributed by atoms with E-state index in [0.29, 0.717) is 0 Å². The van der Waals surface area contributed by atoms with Crippen molar-refractivity contribution in [2.24, 2.45) is 0 Å². The normalized spacial score (nSPS) is 11.4. The van der Waals surface area contributed by atoms with Crippen molar-refractivity contribution in [3.8, 4) is 28.0 Å². The van der Waals surface area contributed by atoms with Crippen LogP contribution < -0.4 is 0 Å². The van der Waals surface area contributed by atoms with Crippen LogP contribution in [0.25, 0.3) is 44.2 Å². The van der Waals surface area contributed by atoms with Gasteiger partial charge in [-0.15, -0.1) is 0 Å². The topological polar surface area (TPSA) is 33.4 Å². The highest BCUT2D eigenvalue weighted by Crippen LogP contribution is 2.36. The Bertz CT molecular complexity index is 1340. The molecule has 0 radical (unpaired) electrons. The van der Waals surface area contributed by atoms with E-state index in [2.05, 4.69) is 68.4 Å². The molecule has 0 unspecified atom stereocenters. The van der Waals surface area contributed by atoms with E-state index in [-0.39, 0.29) is 5.75 Å². The van der Waals surface area contributed by atoms with E-state index < -0.39 is 0 Å². The summed E-state index contributed by atoms with van der Waals surface area (Å²) in [4.78, 5) is 0. The molecule has 1 N–H and O–H groups in total. The van der Waals surface area contributed by atoms with Crippen LogP contribution in [0.15, 0.2) is 83.3 Å². The number of hydrogen-bond donors (Lipinski definition) is 1. The lowest BCUT2D eigenvalue weighted by Crippen LogP contribution is -1.88. The maximum atomic E-state index is 9.87. The maximum Gasteiger partial charge on any atom is 0.135 e. The van der Waals surface area contributed by atoms with E-state index in [9.17, 15) is 5.11 Å². The third-order valence-electron chi connectivity index (χ3n) is 5.46. The van der Waals surface area contributed by atoms with Crippen LogP contribution in [0.2, 0.25) is 0 Å². The van der Waals surface area contributed by atoms with E-state index in [1.807, 2.05) is 12.1 Å². The Hall–Kier alpha value is -3.52. The molecule has 0 saturated carbocycles. The first-order valence-electron chi connectivity index (χ1n) is 9.42. The fraction of sp³-hybridized carbons (Fsp3) is 0.0769. The number of phenolic OH excluding ortho intramolecular Hbond substituents is 1. The minimum absolute atomic E-state index is 0.248. The Labute approximate surface area is 163 Å². The monoisotopic (exact) mass is 364 g/mol. The molecule has 0 aliphatic heterocycles. The molecule has 28 heavy (non-hydrogen) atoms. The van der Waals surface area contributed by atoms with Gasteiger partial charge >= 0.3 is 0 Å². The van der Waals surface area contributed by atoms with Crippen LogP contribution in [0.4, 0.5) is 0 Å². The highest BCUT2D eigenvalue weighted by Gasteiger charge is 2.11. The molecule has 0 bridgehead atoms. The minimum Gasteiger partial charge on any atom is -0.508 e. The first kappa shape index (κ1) is 16.6. The smallest absolute Gasteiger partial charge is 0.135 e. The fourth-order valence-corrected chi connectivity index (χ4v) is 3.91. The van der Waals surface area contributed by atoms with Crippen molar-refractivity contribution >= 4 is 21.9 Å². The van der Waals surface area contributed by atoms with E-state index >= 15 is 0 Å². The van der Waals surface area contributed by atoms with Crippen LogP contribution in [-0.4, -0.2) is 5.11 Å². The van der Waals surface area contributed by atoms with Gasteiger partial charge in [-0.3, -0.25) is 0 Å². The number of benzene rings is 4. The lowest BCUT2D eigenvalue weighted by atomic mass is 9.92. The summed E-state index contributed by atoms with van der Waals surface area (Å²) >= 11 is 0. The lowest BCUT2D eigenvalue weighted by molar-refractivity contribution is 0.476. The van der Waals surface area contributed by atoms with Crippen LogP contribution in [0.5, 0.6) is 5.75 Å².